The SMILES string of the molecule is Cc1cc(Cl)ccc1C(=O)N(CCBr)C1CCC1. The molecule has 0 radical (unpaired) electrons. The van der Waals surface area contributed by atoms with Crippen molar-refractivity contribution in [3.63, 3.8) is 0 Å². The Kier molecular flexibility index (Phi) is 4.68. The molecule has 0 spiro atoms. The molecule has 0 unspecified atom stereocenters. The Morgan fingerprint density at radius 3 is 2.72 bits per heavy atom. The van der Waals surface area contributed by atoms with E-state index in [1.54, 1.807) is 6.07 Å². The molecule has 1 aliphatic rings. The van der Waals surface area contributed by atoms with Crippen LogP contribution < -0.4 is 0 Å². The van der Waals surface area contributed by atoms with E-state index in [-0.39, 0.29) is 5.91 Å². The van der Waals surface area contributed by atoms with Gasteiger partial charge in [-0.1, -0.05) is 27.5 Å². The van der Waals surface area contributed by atoms with Crippen molar-refractivity contribution in [3.8, 4) is 0 Å². The monoisotopic (exact) mass is 329 g/mol. The molecular formula is C14H17BrClNO. The zero-order valence-corrected chi connectivity index (χ0v) is 12.8. The molecule has 1 amide bonds. The van der Waals surface area contributed by atoms with Gasteiger partial charge in [0.1, 0.15) is 0 Å². The number of alkyl halides is 1. The minimum atomic E-state index is 0.133. The molecule has 4 heteroatoms. The van der Waals surface area contributed by atoms with E-state index in [9.17, 15) is 4.79 Å². The van der Waals surface area contributed by atoms with Gasteiger partial charge in [-0.25, -0.2) is 0 Å². The van der Waals surface area contributed by atoms with Gasteiger partial charge in [-0.3, -0.25) is 4.79 Å². The van der Waals surface area contributed by atoms with Crippen LogP contribution >= 0.6 is 27.5 Å². The number of rotatable bonds is 4. The average molecular weight is 331 g/mol. The van der Waals surface area contributed by atoms with Gasteiger partial charge in [0.15, 0.2) is 0 Å². The summed E-state index contributed by atoms with van der Waals surface area (Å²) in [5.74, 6) is 0.133. The molecule has 1 aromatic rings. The first-order valence-electron chi connectivity index (χ1n) is 6.26. The van der Waals surface area contributed by atoms with Crippen molar-refractivity contribution in [3.05, 3.63) is 34.3 Å². The van der Waals surface area contributed by atoms with Crippen LogP contribution in [-0.2, 0) is 0 Å². The number of hydrogen-bond donors (Lipinski definition) is 0. The summed E-state index contributed by atoms with van der Waals surface area (Å²) in [5, 5.41) is 1.50. The van der Waals surface area contributed by atoms with Crippen LogP contribution in [0.1, 0.15) is 35.2 Å². The molecule has 18 heavy (non-hydrogen) atoms. The van der Waals surface area contributed by atoms with Gasteiger partial charge in [-0.2, -0.15) is 0 Å². The molecule has 98 valence electrons. The van der Waals surface area contributed by atoms with Gasteiger partial charge in [-0.15, -0.1) is 0 Å². The lowest BCUT2D eigenvalue weighted by Crippen LogP contribution is -2.45. The molecule has 0 N–H and O–H groups in total. The van der Waals surface area contributed by atoms with E-state index in [4.69, 9.17) is 11.6 Å². The Bertz CT molecular complexity index is 445. The van der Waals surface area contributed by atoms with Crippen LogP contribution in [0.3, 0.4) is 0 Å². The first-order valence-corrected chi connectivity index (χ1v) is 7.76. The lowest BCUT2D eigenvalue weighted by Gasteiger charge is -2.37. The van der Waals surface area contributed by atoms with Crippen molar-refractivity contribution in [1.82, 2.24) is 4.90 Å². The van der Waals surface area contributed by atoms with Gasteiger partial charge >= 0.3 is 0 Å². The van der Waals surface area contributed by atoms with Gasteiger partial charge in [0.2, 0.25) is 0 Å². The fourth-order valence-corrected chi connectivity index (χ4v) is 2.87. The molecule has 0 atom stereocenters. The molecule has 1 aliphatic carbocycles. The molecule has 2 rings (SSSR count). The van der Waals surface area contributed by atoms with Crippen molar-refractivity contribution >= 4 is 33.4 Å². The highest BCUT2D eigenvalue weighted by atomic mass is 79.9. The highest BCUT2D eigenvalue weighted by Gasteiger charge is 2.29. The van der Waals surface area contributed by atoms with Crippen LogP contribution in [0, 0.1) is 6.92 Å². The summed E-state index contributed by atoms with van der Waals surface area (Å²) in [6, 6.07) is 5.89. The standard InChI is InChI=1S/C14H17BrClNO/c1-10-9-11(16)5-6-13(10)14(18)17(8-7-15)12-3-2-4-12/h5-6,9,12H,2-4,7-8H2,1H3. The number of aryl methyl sites for hydroxylation is 1. The molecule has 0 aromatic heterocycles. The largest absolute Gasteiger partial charge is 0.335 e. The minimum absolute atomic E-state index is 0.133. The zero-order valence-electron chi connectivity index (χ0n) is 10.5. The lowest BCUT2D eigenvalue weighted by atomic mass is 9.90. The van der Waals surface area contributed by atoms with Crippen molar-refractivity contribution in [2.45, 2.75) is 32.2 Å². The second-order valence-electron chi connectivity index (χ2n) is 4.73. The topological polar surface area (TPSA) is 20.3 Å². The summed E-state index contributed by atoms with van der Waals surface area (Å²) in [5.41, 5.74) is 1.72. The third-order valence-electron chi connectivity index (χ3n) is 3.52. The zero-order chi connectivity index (χ0) is 13.1. The number of amides is 1. The summed E-state index contributed by atoms with van der Waals surface area (Å²) in [6.07, 6.45) is 3.49. The van der Waals surface area contributed by atoms with E-state index in [0.29, 0.717) is 11.1 Å². The molecule has 1 aromatic carbocycles. The molecule has 0 saturated heterocycles. The second-order valence-corrected chi connectivity index (χ2v) is 5.96. The number of hydrogen-bond acceptors (Lipinski definition) is 1. The fraction of sp³-hybridized carbons (Fsp3) is 0.500. The third kappa shape index (κ3) is 2.89. The Morgan fingerprint density at radius 1 is 1.50 bits per heavy atom. The number of benzene rings is 1. The summed E-state index contributed by atoms with van der Waals surface area (Å²) in [7, 11) is 0. The number of nitrogens with zero attached hydrogens (tertiary/aromatic N) is 1. The maximum atomic E-state index is 12.6. The number of carbonyl (C=O) groups is 1. The Morgan fingerprint density at radius 2 is 2.22 bits per heavy atom. The van der Waals surface area contributed by atoms with Gasteiger partial charge in [0.05, 0.1) is 0 Å². The van der Waals surface area contributed by atoms with Crippen LogP contribution in [0.2, 0.25) is 5.02 Å². The first kappa shape index (κ1) is 13.9. The van der Waals surface area contributed by atoms with Gasteiger partial charge in [0, 0.05) is 28.5 Å². The van der Waals surface area contributed by atoms with E-state index < -0.39 is 0 Å². The van der Waals surface area contributed by atoms with Crippen molar-refractivity contribution in [1.29, 1.82) is 0 Å². The highest BCUT2D eigenvalue weighted by molar-refractivity contribution is 9.09. The predicted octanol–water partition coefficient (Wildman–Crippen LogP) is 4.04. The molecule has 0 aliphatic heterocycles. The maximum Gasteiger partial charge on any atom is 0.254 e. The Labute approximate surface area is 121 Å². The molecule has 0 heterocycles. The molecular weight excluding hydrogens is 314 g/mol. The maximum absolute atomic E-state index is 12.6. The van der Waals surface area contributed by atoms with Crippen molar-refractivity contribution in [2.24, 2.45) is 0 Å². The highest BCUT2D eigenvalue weighted by Crippen LogP contribution is 2.27. The Balaban J connectivity index is 2.21. The second kappa shape index (κ2) is 6.07. The Hall–Kier alpha value is -0.540. The summed E-state index contributed by atoms with van der Waals surface area (Å²) >= 11 is 9.36. The lowest BCUT2D eigenvalue weighted by molar-refractivity contribution is 0.0599. The van der Waals surface area contributed by atoms with Crippen LogP contribution in [0.15, 0.2) is 18.2 Å². The molecule has 2 nitrogen and oxygen atoms in total. The minimum Gasteiger partial charge on any atom is -0.335 e. The van der Waals surface area contributed by atoms with E-state index in [2.05, 4.69) is 15.9 Å². The molecule has 1 fully saturated rings. The van der Waals surface area contributed by atoms with Crippen LogP contribution in [0.5, 0.6) is 0 Å². The van der Waals surface area contributed by atoms with E-state index in [1.165, 1.54) is 6.42 Å². The van der Waals surface area contributed by atoms with Gasteiger partial charge in [0.25, 0.3) is 5.91 Å². The first-order chi connectivity index (χ1) is 8.63. The average Bonchev–Trinajstić information content (AvgIpc) is 2.25. The molecule has 1 saturated carbocycles. The van der Waals surface area contributed by atoms with E-state index in [0.717, 1.165) is 35.8 Å². The number of carbonyl (C=O) groups excluding carboxylic acids is 1. The van der Waals surface area contributed by atoms with Crippen LogP contribution in [0.4, 0.5) is 0 Å². The smallest absolute Gasteiger partial charge is 0.254 e. The number of halogens is 2. The van der Waals surface area contributed by atoms with Crippen LogP contribution in [0.25, 0.3) is 0 Å². The van der Waals surface area contributed by atoms with Gasteiger partial charge < -0.3 is 4.90 Å². The third-order valence-corrected chi connectivity index (χ3v) is 4.11. The van der Waals surface area contributed by atoms with Crippen LogP contribution in [-0.4, -0.2) is 28.7 Å². The van der Waals surface area contributed by atoms with Crippen molar-refractivity contribution < 1.29 is 4.79 Å². The predicted molar refractivity (Wildman–Crippen MR) is 78.7 cm³/mol. The van der Waals surface area contributed by atoms with Crippen molar-refractivity contribution in [2.75, 3.05) is 11.9 Å². The fourth-order valence-electron chi connectivity index (χ4n) is 2.26. The van der Waals surface area contributed by atoms with E-state index >= 15 is 0 Å². The quantitative estimate of drug-likeness (QED) is 0.763. The van der Waals surface area contributed by atoms with Gasteiger partial charge in [-0.05, 0) is 49.9 Å². The summed E-state index contributed by atoms with van der Waals surface area (Å²) in [6.45, 7) is 2.71. The summed E-state index contributed by atoms with van der Waals surface area (Å²) in [4.78, 5) is 14.6. The molecule has 0 bridgehead atoms. The normalized spacial score (nSPS) is 15.3. The summed E-state index contributed by atoms with van der Waals surface area (Å²) < 4.78 is 0. The van der Waals surface area contributed by atoms with E-state index in [1.807, 2.05) is 24.0 Å².